The minimum atomic E-state index is -0.949. The highest BCUT2D eigenvalue weighted by Crippen LogP contribution is 2.50. The lowest BCUT2D eigenvalue weighted by atomic mass is 9.64. The molecule has 3 aliphatic carbocycles. The van der Waals surface area contributed by atoms with Crippen LogP contribution >= 0.6 is 0 Å². The van der Waals surface area contributed by atoms with Crippen LogP contribution in [0.5, 0.6) is 0 Å². The Bertz CT molecular complexity index is 1710. The highest BCUT2D eigenvalue weighted by atomic mass is 19.1. The van der Waals surface area contributed by atoms with Crippen LogP contribution in [-0.2, 0) is 24.2 Å². The maximum Gasteiger partial charge on any atom is 0.251 e. The number of pyridine rings is 1. The molecule has 8 nitrogen and oxygen atoms in total. The molecule has 214 valence electrons. The smallest absolute Gasteiger partial charge is 0.251 e. The molecule has 2 aromatic heterocycles. The topological polar surface area (TPSA) is 120 Å². The summed E-state index contributed by atoms with van der Waals surface area (Å²) in [7, 11) is 0. The molecule has 4 aromatic rings. The lowest BCUT2D eigenvalue weighted by Gasteiger charge is -2.41. The number of rotatable bonds is 9. The third-order valence-corrected chi connectivity index (χ3v) is 8.05. The molecule has 0 spiro atoms. The first-order chi connectivity index (χ1) is 20.2. The molecule has 2 amide bonds. The average Bonchev–Trinajstić information content (AvgIpc) is 3.30. The van der Waals surface area contributed by atoms with Crippen molar-refractivity contribution in [2.24, 2.45) is 11.7 Å². The number of carbonyl (C=O) groups excluding carboxylic acids is 3. The van der Waals surface area contributed by atoms with Gasteiger partial charge >= 0.3 is 0 Å². The van der Waals surface area contributed by atoms with Crippen molar-refractivity contribution in [3.63, 3.8) is 0 Å². The second-order valence-electron chi connectivity index (χ2n) is 10.9. The summed E-state index contributed by atoms with van der Waals surface area (Å²) in [4.78, 5) is 41.5. The molecule has 0 saturated heterocycles. The van der Waals surface area contributed by atoms with Gasteiger partial charge in [-0.1, -0.05) is 12.1 Å². The molecule has 2 heterocycles. The fraction of sp³-hybridized carbons (Fsp3) is 0.258. The van der Waals surface area contributed by atoms with Crippen LogP contribution in [0.4, 0.5) is 13.2 Å². The van der Waals surface area contributed by atoms with Crippen LogP contribution in [-0.4, -0.2) is 32.9 Å². The van der Waals surface area contributed by atoms with Crippen molar-refractivity contribution >= 4 is 18.1 Å². The van der Waals surface area contributed by atoms with E-state index in [4.69, 9.17) is 5.73 Å². The van der Waals surface area contributed by atoms with Gasteiger partial charge in [-0.2, -0.15) is 5.10 Å². The van der Waals surface area contributed by atoms with Gasteiger partial charge in [0.15, 0.2) is 6.29 Å². The van der Waals surface area contributed by atoms with Crippen molar-refractivity contribution in [2.45, 2.75) is 44.2 Å². The maximum absolute atomic E-state index is 14.2. The van der Waals surface area contributed by atoms with Gasteiger partial charge in [-0.05, 0) is 73.1 Å². The fourth-order valence-corrected chi connectivity index (χ4v) is 6.20. The van der Waals surface area contributed by atoms with E-state index in [-0.39, 0.29) is 30.0 Å². The summed E-state index contributed by atoms with van der Waals surface area (Å²) in [5.74, 6) is -2.95. The fourth-order valence-electron chi connectivity index (χ4n) is 6.20. The molecule has 11 heteroatoms. The first-order valence-electron chi connectivity index (χ1n) is 13.5. The number of hydrogen-bond acceptors (Lipinski definition) is 5. The predicted molar refractivity (Wildman–Crippen MR) is 146 cm³/mol. The number of nitrogens with zero attached hydrogens (tertiary/aromatic N) is 3. The van der Waals surface area contributed by atoms with E-state index in [0.29, 0.717) is 34.7 Å². The first-order valence-corrected chi connectivity index (χ1v) is 13.5. The van der Waals surface area contributed by atoms with Gasteiger partial charge < -0.3 is 11.1 Å². The molecule has 42 heavy (non-hydrogen) atoms. The zero-order valence-electron chi connectivity index (χ0n) is 22.3. The van der Waals surface area contributed by atoms with Crippen LogP contribution < -0.4 is 11.1 Å². The van der Waals surface area contributed by atoms with Gasteiger partial charge in [-0.15, -0.1) is 0 Å². The number of carbonyl (C=O) groups is 3. The van der Waals surface area contributed by atoms with E-state index in [1.54, 1.807) is 16.8 Å². The molecular formula is C31H26F3N5O3. The van der Waals surface area contributed by atoms with E-state index in [9.17, 15) is 27.6 Å². The lowest BCUT2D eigenvalue weighted by Crippen LogP contribution is -2.36. The van der Waals surface area contributed by atoms with E-state index in [1.165, 1.54) is 30.5 Å². The second kappa shape index (κ2) is 10.9. The van der Waals surface area contributed by atoms with Crippen LogP contribution in [0.1, 0.15) is 68.2 Å². The Kier molecular flexibility index (Phi) is 7.09. The van der Waals surface area contributed by atoms with Gasteiger partial charge in [0.25, 0.3) is 5.91 Å². The third-order valence-electron chi connectivity index (χ3n) is 8.05. The SMILES string of the molecule is NC(=O)c1cc(-c2cccnc2[C@H](Cc2cc(F)cc(F)c2)NC(=O)Cn2nc(C=O)c3c2C2CC(C3)C2)ccc1F. The van der Waals surface area contributed by atoms with Crippen LogP contribution in [0, 0.1) is 23.4 Å². The first kappa shape index (κ1) is 27.4. The van der Waals surface area contributed by atoms with Gasteiger partial charge in [0.2, 0.25) is 5.91 Å². The lowest BCUT2D eigenvalue weighted by molar-refractivity contribution is -0.122. The quantitative estimate of drug-likeness (QED) is 0.287. The van der Waals surface area contributed by atoms with Gasteiger partial charge in [0.1, 0.15) is 29.7 Å². The number of nitrogens with two attached hydrogens (primary N) is 1. The average molecular weight is 574 g/mol. The summed E-state index contributed by atoms with van der Waals surface area (Å²) in [6.07, 6.45) is 4.93. The Morgan fingerprint density at radius 3 is 2.57 bits per heavy atom. The van der Waals surface area contributed by atoms with Crippen molar-refractivity contribution in [3.05, 3.63) is 106 Å². The Balaban J connectivity index is 1.36. The second-order valence-corrected chi connectivity index (χ2v) is 10.9. The monoisotopic (exact) mass is 573 g/mol. The summed E-state index contributed by atoms with van der Waals surface area (Å²) in [6.45, 7) is -0.171. The molecular weight excluding hydrogens is 547 g/mol. The van der Waals surface area contributed by atoms with Crippen LogP contribution in [0.2, 0.25) is 0 Å². The molecule has 1 atom stereocenters. The normalized spacial score (nSPS) is 17.6. The Hall–Kier alpha value is -4.80. The summed E-state index contributed by atoms with van der Waals surface area (Å²) in [5, 5.41) is 7.34. The number of amides is 2. The number of primary amides is 1. The molecule has 7 rings (SSSR count). The summed E-state index contributed by atoms with van der Waals surface area (Å²) >= 11 is 0. The summed E-state index contributed by atoms with van der Waals surface area (Å²) in [5.41, 5.74) is 8.64. The van der Waals surface area contributed by atoms with Crippen LogP contribution in [0.3, 0.4) is 0 Å². The highest BCUT2D eigenvalue weighted by molar-refractivity contribution is 5.94. The van der Waals surface area contributed by atoms with Crippen LogP contribution in [0.25, 0.3) is 11.1 Å². The molecule has 2 bridgehead atoms. The van der Waals surface area contributed by atoms with Crippen molar-refractivity contribution in [1.29, 1.82) is 0 Å². The minimum Gasteiger partial charge on any atom is -0.366 e. The van der Waals surface area contributed by atoms with E-state index in [1.807, 2.05) is 0 Å². The minimum absolute atomic E-state index is 0.0323. The Morgan fingerprint density at radius 1 is 1.10 bits per heavy atom. The van der Waals surface area contributed by atoms with Crippen molar-refractivity contribution in [3.8, 4) is 11.1 Å². The van der Waals surface area contributed by atoms with E-state index < -0.39 is 35.3 Å². The van der Waals surface area contributed by atoms with E-state index in [2.05, 4.69) is 15.4 Å². The molecule has 3 N–H and O–H groups in total. The van der Waals surface area contributed by atoms with Crippen molar-refractivity contribution in [2.75, 3.05) is 0 Å². The van der Waals surface area contributed by atoms with Crippen molar-refractivity contribution in [1.82, 2.24) is 20.1 Å². The van der Waals surface area contributed by atoms with Crippen LogP contribution in [0.15, 0.2) is 54.7 Å². The molecule has 0 unspecified atom stereocenters. The number of halogens is 3. The zero-order chi connectivity index (χ0) is 29.5. The number of benzene rings is 2. The molecule has 3 aliphatic rings. The zero-order valence-corrected chi connectivity index (χ0v) is 22.3. The van der Waals surface area contributed by atoms with Gasteiger partial charge in [0, 0.05) is 35.0 Å². The molecule has 1 fully saturated rings. The Morgan fingerprint density at radius 2 is 1.86 bits per heavy atom. The van der Waals surface area contributed by atoms with Gasteiger partial charge in [-0.3, -0.25) is 24.0 Å². The van der Waals surface area contributed by atoms with Gasteiger partial charge in [0.05, 0.1) is 17.3 Å². The number of aromatic nitrogens is 3. The maximum atomic E-state index is 14.2. The van der Waals surface area contributed by atoms with E-state index >= 15 is 0 Å². The molecule has 0 radical (unpaired) electrons. The predicted octanol–water partition coefficient (Wildman–Crippen LogP) is 4.42. The number of aldehydes is 1. The molecule has 2 aromatic carbocycles. The molecule has 1 saturated carbocycles. The standard InChI is InChI=1S/C31H26F3N5O3/c32-20-8-17(9-21(33)13-20)11-26(29-22(2-1-5-36-29)18-3-4-25(34)23(12-18)31(35)42)37-28(41)14-39-30-19-6-16(7-19)10-24(30)27(15-40)38-39/h1-5,8-9,12-13,15-16,19,26H,6-7,10-11,14H2,(H2,35,42)(H,37,41)/t16?,19?,26-/m0/s1. The summed E-state index contributed by atoms with van der Waals surface area (Å²) in [6, 6.07) is 9.37. The summed E-state index contributed by atoms with van der Waals surface area (Å²) < 4.78 is 44.0. The highest BCUT2D eigenvalue weighted by Gasteiger charge is 2.41. The number of hydrogen-bond donors (Lipinski definition) is 2. The molecule has 0 aliphatic heterocycles. The largest absolute Gasteiger partial charge is 0.366 e. The van der Waals surface area contributed by atoms with Crippen molar-refractivity contribution < 1.29 is 27.6 Å². The Labute approximate surface area is 238 Å². The number of nitrogens with one attached hydrogen (secondary N) is 1. The third kappa shape index (κ3) is 5.17. The van der Waals surface area contributed by atoms with Gasteiger partial charge in [-0.25, -0.2) is 13.2 Å². The van der Waals surface area contributed by atoms with E-state index in [0.717, 1.165) is 42.7 Å².